The van der Waals surface area contributed by atoms with E-state index < -0.39 is 0 Å². The highest BCUT2D eigenvalue weighted by atomic mass is 16.2. The lowest BCUT2D eigenvalue weighted by molar-refractivity contribution is -0.126. The molecule has 2 rings (SSSR count). The highest BCUT2D eigenvalue weighted by molar-refractivity contribution is 6.06. The molecule has 0 radical (unpaired) electrons. The monoisotopic (exact) mass is 325 g/mol. The van der Waals surface area contributed by atoms with E-state index in [9.17, 15) is 9.59 Å². The van der Waals surface area contributed by atoms with Gasteiger partial charge in [0, 0.05) is 37.6 Å². The van der Waals surface area contributed by atoms with Crippen LogP contribution in [0.3, 0.4) is 0 Å². The molecule has 1 N–H and O–H groups in total. The van der Waals surface area contributed by atoms with E-state index in [1.165, 1.54) is 4.90 Å². The Morgan fingerprint density at radius 2 is 1.58 bits per heavy atom. The van der Waals surface area contributed by atoms with Crippen LogP contribution >= 0.6 is 0 Å². The standard InChI is InChI=1S/C19H23N3O2/c1-4-22(17-8-6-5-7-9-17)19(24)15-10-12-16(13-11-15)20-14-18(23)21(2)3/h5-13,20H,4,14H2,1-3H3. The largest absolute Gasteiger partial charge is 0.376 e. The van der Waals surface area contributed by atoms with Crippen molar-refractivity contribution in [3.8, 4) is 0 Å². The van der Waals surface area contributed by atoms with Crippen molar-refractivity contribution >= 4 is 23.2 Å². The molecule has 0 aliphatic heterocycles. The van der Waals surface area contributed by atoms with Gasteiger partial charge in [-0.15, -0.1) is 0 Å². The lowest BCUT2D eigenvalue weighted by Gasteiger charge is -2.21. The van der Waals surface area contributed by atoms with Crippen LogP contribution in [0.15, 0.2) is 54.6 Å². The number of benzene rings is 2. The van der Waals surface area contributed by atoms with Crippen LogP contribution < -0.4 is 10.2 Å². The Kier molecular flexibility index (Phi) is 5.95. The van der Waals surface area contributed by atoms with Crippen molar-refractivity contribution in [1.82, 2.24) is 4.90 Å². The molecule has 2 aromatic carbocycles. The summed E-state index contributed by atoms with van der Waals surface area (Å²) >= 11 is 0. The minimum absolute atomic E-state index is 0.00334. The SMILES string of the molecule is CCN(C(=O)c1ccc(NCC(=O)N(C)C)cc1)c1ccccc1. The number of nitrogens with one attached hydrogen (secondary N) is 1. The molecular weight excluding hydrogens is 302 g/mol. The van der Waals surface area contributed by atoms with Gasteiger partial charge in [-0.05, 0) is 43.3 Å². The molecule has 0 aromatic heterocycles. The van der Waals surface area contributed by atoms with E-state index in [0.717, 1.165) is 11.4 Å². The van der Waals surface area contributed by atoms with Gasteiger partial charge in [0.15, 0.2) is 0 Å². The van der Waals surface area contributed by atoms with E-state index >= 15 is 0 Å². The van der Waals surface area contributed by atoms with Crippen LogP contribution in [0.25, 0.3) is 0 Å². The number of rotatable bonds is 6. The van der Waals surface area contributed by atoms with Gasteiger partial charge < -0.3 is 15.1 Å². The molecule has 5 heteroatoms. The van der Waals surface area contributed by atoms with Crippen molar-refractivity contribution in [2.24, 2.45) is 0 Å². The fraction of sp³-hybridized carbons (Fsp3) is 0.263. The molecule has 0 aliphatic carbocycles. The van der Waals surface area contributed by atoms with Crippen molar-refractivity contribution in [3.05, 3.63) is 60.2 Å². The fourth-order valence-corrected chi connectivity index (χ4v) is 2.27. The van der Waals surface area contributed by atoms with Crippen molar-refractivity contribution in [2.75, 3.05) is 37.4 Å². The van der Waals surface area contributed by atoms with E-state index in [-0.39, 0.29) is 18.4 Å². The molecule has 24 heavy (non-hydrogen) atoms. The van der Waals surface area contributed by atoms with Crippen LogP contribution in [-0.2, 0) is 4.79 Å². The van der Waals surface area contributed by atoms with Crippen LogP contribution in [0.5, 0.6) is 0 Å². The molecule has 0 fully saturated rings. The number of likely N-dealkylation sites (N-methyl/N-ethyl adjacent to an activating group) is 1. The maximum absolute atomic E-state index is 12.7. The molecular formula is C19H23N3O2. The number of carbonyl (C=O) groups excluding carboxylic acids is 2. The molecule has 0 aliphatic rings. The molecule has 0 heterocycles. The van der Waals surface area contributed by atoms with Crippen LogP contribution in [0.1, 0.15) is 17.3 Å². The summed E-state index contributed by atoms with van der Waals surface area (Å²) in [6.07, 6.45) is 0. The molecule has 0 unspecified atom stereocenters. The van der Waals surface area contributed by atoms with Crippen molar-refractivity contribution in [3.63, 3.8) is 0 Å². The van der Waals surface area contributed by atoms with Crippen LogP contribution in [0.4, 0.5) is 11.4 Å². The van der Waals surface area contributed by atoms with E-state index in [4.69, 9.17) is 0 Å². The van der Waals surface area contributed by atoms with Crippen LogP contribution in [0.2, 0.25) is 0 Å². The first kappa shape index (κ1) is 17.5. The van der Waals surface area contributed by atoms with Crippen LogP contribution in [-0.4, -0.2) is 43.9 Å². The number of nitrogens with zero attached hydrogens (tertiary/aromatic N) is 2. The second-order valence-electron chi connectivity index (χ2n) is 5.60. The second-order valence-corrected chi connectivity index (χ2v) is 5.60. The summed E-state index contributed by atoms with van der Waals surface area (Å²) in [5, 5.41) is 3.05. The normalized spacial score (nSPS) is 10.1. The summed E-state index contributed by atoms with van der Waals surface area (Å²) in [6.45, 7) is 2.78. The average Bonchev–Trinajstić information content (AvgIpc) is 2.61. The van der Waals surface area contributed by atoms with Gasteiger partial charge in [0.25, 0.3) is 5.91 Å². The average molecular weight is 325 g/mol. The van der Waals surface area contributed by atoms with Gasteiger partial charge in [0.1, 0.15) is 0 Å². The molecule has 126 valence electrons. The van der Waals surface area contributed by atoms with Crippen LogP contribution in [0, 0.1) is 0 Å². The maximum Gasteiger partial charge on any atom is 0.258 e. The summed E-state index contributed by atoms with van der Waals surface area (Å²) in [5.74, 6) is -0.0454. The fourth-order valence-electron chi connectivity index (χ4n) is 2.27. The van der Waals surface area contributed by atoms with Gasteiger partial charge in [-0.3, -0.25) is 9.59 Å². The van der Waals surface area contributed by atoms with Gasteiger partial charge >= 0.3 is 0 Å². The Balaban J connectivity index is 2.06. The van der Waals surface area contributed by atoms with Gasteiger partial charge in [0.2, 0.25) is 5.91 Å². The number of amides is 2. The predicted octanol–water partition coefficient (Wildman–Crippen LogP) is 2.85. The highest BCUT2D eigenvalue weighted by Gasteiger charge is 2.15. The number of para-hydroxylation sites is 1. The van der Waals surface area contributed by atoms with E-state index in [0.29, 0.717) is 12.1 Å². The van der Waals surface area contributed by atoms with Gasteiger partial charge in [-0.1, -0.05) is 18.2 Å². The molecule has 5 nitrogen and oxygen atoms in total. The summed E-state index contributed by atoms with van der Waals surface area (Å²) in [7, 11) is 3.43. The van der Waals surface area contributed by atoms with Gasteiger partial charge in [0.05, 0.1) is 6.54 Å². The molecule has 2 amide bonds. The first-order valence-corrected chi connectivity index (χ1v) is 7.94. The number of carbonyl (C=O) groups is 2. The quantitative estimate of drug-likeness (QED) is 0.888. The molecule has 0 atom stereocenters. The second kappa shape index (κ2) is 8.15. The first-order chi connectivity index (χ1) is 11.5. The van der Waals surface area contributed by atoms with Gasteiger partial charge in [-0.2, -0.15) is 0 Å². The Labute approximate surface area is 142 Å². The molecule has 0 saturated carbocycles. The highest BCUT2D eigenvalue weighted by Crippen LogP contribution is 2.18. The third-order valence-corrected chi connectivity index (χ3v) is 3.70. The predicted molar refractivity (Wildman–Crippen MR) is 97.4 cm³/mol. The third kappa shape index (κ3) is 4.35. The third-order valence-electron chi connectivity index (χ3n) is 3.70. The van der Waals surface area contributed by atoms with Gasteiger partial charge in [-0.25, -0.2) is 0 Å². The number of hydrogen-bond donors (Lipinski definition) is 1. The summed E-state index contributed by atoms with van der Waals surface area (Å²) < 4.78 is 0. The smallest absolute Gasteiger partial charge is 0.258 e. The van der Waals surface area contributed by atoms with E-state index in [2.05, 4.69) is 5.32 Å². The molecule has 2 aromatic rings. The summed E-state index contributed by atoms with van der Waals surface area (Å²) in [6, 6.07) is 16.8. The number of hydrogen-bond acceptors (Lipinski definition) is 3. The van der Waals surface area contributed by atoms with E-state index in [1.807, 2.05) is 49.4 Å². The van der Waals surface area contributed by atoms with Crippen molar-refractivity contribution in [2.45, 2.75) is 6.92 Å². The Bertz CT molecular complexity index is 682. The topological polar surface area (TPSA) is 52.7 Å². The van der Waals surface area contributed by atoms with E-state index in [1.54, 1.807) is 31.1 Å². The Morgan fingerprint density at radius 1 is 0.958 bits per heavy atom. The molecule has 0 bridgehead atoms. The molecule has 0 spiro atoms. The first-order valence-electron chi connectivity index (χ1n) is 7.94. The molecule has 0 saturated heterocycles. The number of anilines is 2. The minimum atomic E-state index is -0.0420. The van der Waals surface area contributed by atoms with Crippen molar-refractivity contribution < 1.29 is 9.59 Å². The summed E-state index contributed by atoms with van der Waals surface area (Å²) in [4.78, 5) is 27.5. The minimum Gasteiger partial charge on any atom is -0.376 e. The Hall–Kier alpha value is -2.82. The van der Waals surface area contributed by atoms with Crippen molar-refractivity contribution in [1.29, 1.82) is 0 Å². The zero-order valence-electron chi connectivity index (χ0n) is 14.3. The lowest BCUT2D eigenvalue weighted by Crippen LogP contribution is -2.30. The summed E-state index contributed by atoms with van der Waals surface area (Å²) in [5.41, 5.74) is 2.30. The zero-order valence-corrected chi connectivity index (χ0v) is 14.3. The Morgan fingerprint density at radius 3 is 2.12 bits per heavy atom. The zero-order chi connectivity index (χ0) is 17.5. The maximum atomic E-state index is 12.7. The lowest BCUT2D eigenvalue weighted by atomic mass is 10.1.